The monoisotopic (exact) mass is 277 g/mol. The van der Waals surface area contributed by atoms with Gasteiger partial charge in [0.2, 0.25) is 0 Å². The second-order valence-corrected chi connectivity index (χ2v) is 4.72. The van der Waals surface area contributed by atoms with Crippen LogP contribution < -0.4 is 11.2 Å². The zero-order chi connectivity index (χ0) is 13.3. The lowest BCUT2D eigenvalue weighted by atomic mass is 10.2. The summed E-state index contributed by atoms with van der Waals surface area (Å²) in [6.07, 6.45) is -3.42. The summed E-state index contributed by atoms with van der Waals surface area (Å²) in [5.74, 6) is 0. The van der Waals surface area contributed by atoms with E-state index >= 15 is 0 Å². The minimum atomic E-state index is -1.26. The van der Waals surface area contributed by atoms with Crippen molar-refractivity contribution in [1.29, 1.82) is 0 Å². The van der Waals surface area contributed by atoms with Crippen molar-refractivity contribution in [1.82, 2.24) is 15.2 Å². The van der Waals surface area contributed by atoms with E-state index in [-0.39, 0.29) is 5.03 Å². The maximum Gasteiger partial charge on any atom is 0.342 e. The third-order valence-corrected chi connectivity index (χ3v) is 3.53. The summed E-state index contributed by atoms with van der Waals surface area (Å²) in [4.78, 5) is 24.1. The first-order chi connectivity index (χ1) is 8.52. The summed E-state index contributed by atoms with van der Waals surface area (Å²) in [5, 5.41) is 33.5. The Hall–Kier alpha value is -1.20. The Bertz CT molecular complexity index is 530. The van der Waals surface area contributed by atoms with Gasteiger partial charge in [0.25, 0.3) is 5.56 Å². The standard InChI is InChI=1S/C8H11N3O6S/c12-1-2-3(13)4(14)7(17-2)18-6-5(15)9-8(16)11-10-6/h2-4,7,12-14H,1H2,(H2,9,11,15,16). The van der Waals surface area contributed by atoms with Gasteiger partial charge in [0.1, 0.15) is 23.7 Å². The van der Waals surface area contributed by atoms with Crippen molar-refractivity contribution >= 4 is 11.8 Å². The molecule has 1 aromatic rings. The highest BCUT2D eigenvalue weighted by molar-refractivity contribution is 7.99. The summed E-state index contributed by atoms with van der Waals surface area (Å²) >= 11 is 0.749. The normalized spacial score (nSPS) is 31.7. The van der Waals surface area contributed by atoms with Crippen molar-refractivity contribution < 1.29 is 20.1 Å². The summed E-state index contributed by atoms with van der Waals surface area (Å²) < 4.78 is 5.15. The fourth-order valence-electron chi connectivity index (χ4n) is 1.49. The molecule has 0 bridgehead atoms. The minimum Gasteiger partial charge on any atom is -0.394 e. The van der Waals surface area contributed by atoms with Crippen LogP contribution in [0.2, 0.25) is 0 Å². The lowest BCUT2D eigenvalue weighted by Crippen LogP contribution is -2.33. The Morgan fingerprint density at radius 2 is 2.06 bits per heavy atom. The van der Waals surface area contributed by atoms with Crippen molar-refractivity contribution in [2.45, 2.75) is 28.8 Å². The molecule has 100 valence electrons. The predicted octanol–water partition coefficient (Wildman–Crippen LogP) is -3.01. The highest BCUT2D eigenvalue weighted by Gasteiger charge is 2.43. The first-order valence-electron chi connectivity index (χ1n) is 5.01. The first kappa shape index (κ1) is 13.2. The number of nitrogens with one attached hydrogen (secondary N) is 2. The molecule has 4 atom stereocenters. The molecule has 0 aliphatic carbocycles. The molecule has 0 radical (unpaired) electrons. The van der Waals surface area contributed by atoms with Gasteiger partial charge in [0, 0.05) is 0 Å². The summed E-state index contributed by atoms with van der Waals surface area (Å²) in [6.45, 7) is -0.454. The van der Waals surface area contributed by atoms with E-state index in [0.29, 0.717) is 0 Å². The molecule has 10 heteroatoms. The van der Waals surface area contributed by atoms with Crippen LogP contribution in [0.1, 0.15) is 0 Å². The molecule has 2 rings (SSSR count). The van der Waals surface area contributed by atoms with E-state index in [1.165, 1.54) is 0 Å². The Kier molecular flexibility index (Phi) is 3.82. The molecule has 0 amide bonds. The first-order valence-corrected chi connectivity index (χ1v) is 5.89. The van der Waals surface area contributed by atoms with Gasteiger partial charge in [-0.25, -0.2) is 9.89 Å². The number of hydrogen-bond acceptors (Lipinski definition) is 8. The molecule has 0 spiro atoms. The highest BCUT2D eigenvalue weighted by Crippen LogP contribution is 2.31. The molecule has 0 aromatic carbocycles. The van der Waals surface area contributed by atoms with Crippen molar-refractivity contribution in [3.05, 3.63) is 20.8 Å². The minimum absolute atomic E-state index is 0.107. The highest BCUT2D eigenvalue weighted by atomic mass is 32.2. The van der Waals surface area contributed by atoms with Crippen molar-refractivity contribution in [3.8, 4) is 0 Å². The fourth-order valence-corrected chi connectivity index (χ4v) is 2.46. The predicted molar refractivity (Wildman–Crippen MR) is 59.1 cm³/mol. The van der Waals surface area contributed by atoms with Gasteiger partial charge in [-0.1, -0.05) is 11.8 Å². The van der Waals surface area contributed by atoms with Crippen LogP contribution in [0.4, 0.5) is 0 Å². The molecule has 1 aromatic heterocycles. The quantitative estimate of drug-likeness (QED) is 0.392. The van der Waals surface area contributed by atoms with Crippen LogP contribution in [0.5, 0.6) is 0 Å². The number of nitrogens with zero attached hydrogens (tertiary/aromatic N) is 1. The molecule has 1 saturated heterocycles. The Balaban J connectivity index is 2.15. The largest absolute Gasteiger partial charge is 0.394 e. The topological polar surface area (TPSA) is 149 Å². The van der Waals surface area contributed by atoms with Crippen LogP contribution in [-0.2, 0) is 4.74 Å². The van der Waals surface area contributed by atoms with Gasteiger partial charge in [-0.2, -0.15) is 5.10 Å². The third kappa shape index (κ3) is 2.47. The molecule has 1 aliphatic heterocycles. The molecule has 2 heterocycles. The summed E-state index contributed by atoms with van der Waals surface area (Å²) in [6, 6.07) is 0. The van der Waals surface area contributed by atoms with Gasteiger partial charge in [-0.05, 0) is 0 Å². The van der Waals surface area contributed by atoms with E-state index in [2.05, 4.69) is 5.10 Å². The van der Waals surface area contributed by atoms with Gasteiger partial charge in [-0.15, -0.1) is 0 Å². The van der Waals surface area contributed by atoms with Crippen LogP contribution in [0.25, 0.3) is 0 Å². The molecule has 5 N–H and O–H groups in total. The third-order valence-electron chi connectivity index (χ3n) is 2.41. The van der Waals surface area contributed by atoms with E-state index in [9.17, 15) is 19.8 Å². The SMILES string of the molecule is O=c1[nH]nc(SC2OC(CO)C(O)C2O)c(=O)[nH]1. The Labute approximate surface area is 104 Å². The number of hydrogen-bond donors (Lipinski definition) is 5. The van der Waals surface area contributed by atoms with Crippen molar-refractivity contribution in [2.24, 2.45) is 0 Å². The van der Waals surface area contributed by atoms with Gasteiger partial charge in [-0.3, -0.25) is 9.78 Å². The summed E-state index contributed by atoms with van der Waals surface area (Å²) in [7, 11) is 0. The van der Waals surface area contributed by atoms with Crippen molar-refractivity contribution in [3.63, 3.8) is 0 Å². The lowest BCUT2D eigenvalue weighted by Gasteiger charge is -2.12. The van der Waals surface area contributed by atoms with Crippen LogP contribution >= 0.6 is 11.8 Å². The van der Waals surface area contributed by atoms with Crippen molar-refractivity contribution in [2.75, 3.05) is 6.61 Å². The van der Waals surface area contributed by atoms with Gasteiger partial charge in [0.15, 0.2) is 5.03 Å². The lowest BCUT2D eigenvalue weighted by molar-refractivity contribution is -0.00810. The number of aliphatic hydroxyl groups excluding tert-OH is 3. The maximum atomic E-state index is 11.4. The maximum absolute atomic E-state index is 11.4. The number of aliphatic hydroxyl groups is 3. The fraction of sp³-hybridized carbons (Fsp3) is 0.625. The van der Waals surface area contributed by atoms with Gasteiger partial charge < -0.3 is 20.1 Å². The van der Waals surface area contributed by atoms with E-state index in [4.69, 9.17) is 9.84 Å². The second-order valence-electron chi connectivity index (χ2n) is 3.64. The number of thioether (sulfide) groups is 1. The van der Waals surface area contributed by atoms with Crippen LogP contribution in [-0.4, -0.2) is 60.9 Å². The molecule has 9 nitrogen and oxygen atoms in total. The molecular weight excluding hydrogens is 266 g/mol. The number of aromatic nitrogens is 3. The summed E-state index contributed by atoms with van der Waals surface area (Å²) in [5.41, 5.74) is -2.41. The van der Waals surface area contributed by atoms with E-state index in [1.54, 1.807) is 0 Å². The Morgan fingerprint density at radius 3 is 2.61 bits per heavy atom. The van der Waals surface area contributed by atoms with E-state index in [1.807, 2.05) is 10.1 Å². The Morgan fingerprint density at radius 1 is 1.33 bits per heavy atom. The molecule has 4 unspecified atom stereocenters. The molecular formula is C8H11N3O6S. The molecule has 1 aliphatic rings. The number of rotatable bonds is 3. The average molecular weight is 277 g/mol. The van der Waals surface area contributed by atoms with Crippen LogP contribution in [0, 0.1) is 0 Å². The van der Waals surface area contributed by atoms with E-state index < -0.39 is 41.6 Å². The zero-order valence-corrected chi connectivity index (χ0v) is 9.75. The average Bonchev–Trinajstić information content (AvgIpc) is 2.60. The smallest absolute Gasteiger partial charge is 0.342 e. The number of aromatic amines is 2. The van der Waals surface area contributed by atoms with Gasteiger partial charge >= 0.3 is 5.69 Å². The molecule has 0 saturated carbocycles. The number of H-pyrrole nitrogens is 2. The van der Waals surface area contributed by atoms with Gasteiger partial charge in [0.05, 0.1) is 6.61 Å². The van der Waals surface area contributed by atoms with Crippen LogP contribution in [0.15, 0.2) is 14.6 Å². The van der Waals surface area contributed by atoms with E-state index in [0.717, 1.165) is 11.8 Å². The zero-order valence-electron chi connectivity index (χ0n) is 8.94. The second kappa shape index (κ2) is 5.20. The number of ether oxygens (including phenoxy) is 1. The molecule has 1 fully saturated rings. The van der Waals surface area contributed by atoms with Crippen LogP contribution in [0.3, 0.4) is 0 Å². The molecule has 18 heavy (non-hydrogen) atoms.